The summed E-state index contributed by atoms with van der Waals surface area (Å²) in [5, 5.41) is 6.47. The molecule has 0 radical (unpaired) electrons. The molecular formula is C26H15ClF8N4O3. The number of rotatable bonds is 4. The Labute approximate surface area is 235 Å². The molecule has 5 rings (SSSR count). The molecule has 7 nitrogen and oxygen atoms in total. The van der Waals surface area contributed by atoms with Crippen molar-refractivity contribution in [1.29, 1.82) is 0 Å². The number of carbonyl (C=O) groups excluding carboxylic acids is 3. The van der Waals surface area contributed by atoms with Crippen LogP contribution in [0.5, 0.6) is 0 Å². The number of hydrogen-bond donors (Lipinski definition) is 3. The Morgan fingerprint density at radius 1 is 0.929 bits per heavy atom. The van der Waals surface area contributed by atoms with Crippen molar-refractivity contribution in [2.75, 3.05) is 22.1 Å². The molecule has 2 aliphatic rings. The second-order valence-electron chi connectivity index (χ2n) is 9.29. The van der Waals surface area contributed by atoms with Gasteiger partial charge in [0.2, 0.25) is 0 Å². The van der Waals surface area contributed by atoms with Crippen LogP contribution in [-0.2, 0) is 17.4 Å². The number of halogens is 9. The predicted molar refractivity (Wildman–Crippen MR) is 133 cm³/mol. The van der Waals surface area contributed by atoms with Crippen molar-refractivity contribution in [3.8, 4) is 0 Å². The highest BCUT2D eigenvalue weighted by Gasteiger charge is 2.43. The van der Waals surface area contributed by atoms with Crippen molar-refractivity contribution in [2.45, 2.75) is 24.8 Å². The number of nitrogens with zero attached hydrogens (tertiary/aromatic N) is 1. The number of carbonyl (C=O) groups is 3. The van der Waals surface area contributed by atoms with Crippen LogP contribution in [0.4, 0.5) is 57.0 Å². The molecule has 0 saturated carbocycles. The van der Waals surface area contributed by atoms with Gasteiger partial charge in [0.25, 0.3) is 5.91 Å². The third kappa shape index (κ3) is 5.31. The molecule has 42 heavy (non-hydrogen) atoms. The molecule has 0 bridgehead atoms. The summed E-state index contributed by atoms with van der Waals surface area (Å²) in [6.45, 7) is -0.0666. The Morgan fingerprint density at radius 3 is 2.31 bits per heavy atom. The molecule has 2 heterocycles. The van der Waals surface area contributed by atoms with Gasteiger partial charge in [0.15, 0.2) is 0 Å². The lowest BCUT2D eigenvalue weighted by molar-refractivity contribution is -0.167. The van der Waals surface area contributed by atoms with E-state index in [2.05, 4.69) is 10.6 Å². The molecule has 3 aromatic rings. The number of alkyl halides is 6. The van der Waals surface area contributed by atoms with Gasteiger partial charge in [-0.3, -0.25) is 14.5 Å². The van der Waals surface area contributed by atoms with Gasteiger partial charge in [0.05, 0.1) is 23.0 Å². The molecule has 3 aromatic carbocycles. The predicted octanol–water partition coefficient (Wildman–Crippen LogP) is 6.57. The summed E-state index contributed by atoms with van der Waals surface area (Å²) in [5.41, 5.74) is -3.12. The van der Waals surface area contributed by atoms with E-state index in [1.54, 1.807) is 5.32 Å². The summed E-state index contributed by atoms with van der Waals surface area (Å²) in [6, 6.07) is 3.03. The lowest BCUT2D eigenvalue weighted by atomic mass is 9.90. The zero-order chi connectivity index (χ0) is 30.7. The highest BCUT2D eigenvalue weighted by atomic mass is 35.5. The maximum atomic E-state index is 14.2. The van der Waals surface area contributed by atoms with Gasteiger partial charge in [-0.05, 0) is 48.9 Å². The summed E-state index contributed by atoms with van der Waals surface area (Å²) in [6.07, 6.45) is -10.4. The lowest BCUT2D eigenvalue weighted by Crippen LogP contribution is -2.46. The van der Waals surface area contributed by atoms with Gasteiger partial charge >= 0.3 is 24.3 Å². The van der Waals surface area contributed by atoms with E-state index in [0.717, 1.165) is 23.1 Å². The Bertz CT molecular complexity index is 1660. The number of urea groups is 1. The molecule has 0 fully saturated rings. The topological polar surface area (TPSA) is 90.5 Å². The number of hydrogen-bond acceptors (Lipinski definition) is 3. The van der Waals surface area contributed by atoms with Crippen LogP contribution in [0.25, 0.3) is 0 Å². The summed E-state index contributed by atoms with van der Waals surface area (Å²) >= 11 is 6.27. The molecule has 1 atom stereocenters. The third-order valence-electron chi connectivity index (χ3n) is 6.61. The molecule has 0 aliphatic carbocycles. The Morgan fingerprint density at radius 2 is 1.64 bits per heavy atom. The fraction of sp³-hybridized carbons (Fsp3) is 0.192. The summed E-state index contributed by atoms with van der Waals surface area (Å²) in [4.78, 5) is 39.1. The fourth-order valence-electron chi connectivity index (χ4n) is 4.85. The molecule has 3 N–H and O–H groups in total. The molecule has 1 unspecified atom stereocenters. The molecule has 0 spiro atoms. The van der Waals surface area contributed by atoms with Crippen molar-refractivity contribution >= 4 is 46.5 Å². The van der Waals surface area contributed by atoms with Crippen LogP contribution < -0.4 is 20.9 Å². The SMILES string of the molecule is O=C(Nc1cc(NC(=O)C(F)(F)F)c2c3c1C(c1cc(F)ccc1Cl)NC(=O)N3CC2)c1cc(F)cc(C(F)(F)F)c1. The first-order valence-corrected chi connectivity index (χ1v) is 12.2. The fourth-order valence-corrected chi connectivity index (χ4v) is 5.08. The largest absolute Gasteiger partial charge is 0.471 e. The van der Waals surface area contributed by atoms with Crippen LogP contribution in [0.2, 0.25) is 5.02 Å². The van der Waals surface area contributed by atoms with Crippen LogP contribution >= 0.6 is 11.6 Å². The maximum absolute atomic E-state index is 14.2. The second-order valence-corrected chi connectivity index (χ2v) is 9.70. The standard InChI is InChI=1S/C26H15ClF8N4O3/c27-16-2-1-12(28)8-15(16)20-19-18(36-22(40)10-5-11(25(30,31)32)7-13(29)6-10)9-17(37-23(41)26(33,34)35)14-3-4-39(21(14)19)24(42)38-20/h1-2,5-9,20H,3-4H2,(H,36,40)(H,37,41)(H,38,42). The zero-order valence-corrected chi connectivity index (χ0v) is 21.4. The highest BCUT2D eigenvalue weighted by molar-refractivity contribution is 6.31. The second kappa shape index (κ2) is 10.2. The molecule has 220 valence electrons. The number of anilines is 3. The van der Waals surface area contributed by atoms with E-state index >= 15 is 0 Å². The van der Waals surface area contributed by atoms with Gasteiger partial charge in [-0.15, -0.1) is 0 Å². The van der Waals surface area contributed by atoms with Gasteiger partial charge in [0, 0.05) is 39.5 Å². The Balaban J connectivity index is 1.70. The van der Waals surface area contributed by atoms with E-state index in [0.29, 0.717) is 12.1 Å². The Hall–Kier alpha value is -4.40. The van der Waals surface area contributed by atoms with E-state index in [9.17, 15) is 49.5 Å². The summed E-state index contributed by atoms with van der Waals surface area (Å²) in [5.74, 6) is -5.86. The minimum absolute atomic E-state index is 0.0135. The van der Waals surface area contributed by atoms with Crippen molar-refractivity contribution in [3.63, 3.8) is 0 Å². The number of amides is 4. The van der Waals surface area contributed by atoms with Crippen LogP contribution in [0.1, 0.15) is 38.7 Å². The Kier molecular flexibility index (Phi) is 7.03. The van der Waals surface area contributed by atoms with E-state index in [1.165, 1.54) is 6.07 Å². The van der Waals surface area contributed by atoms with E-state index in [-0.39, 0.29) is 52.1 Å². The van der Waals surface area contributed by atoms with Crippen molar-refractivity contribution in [1.82, 2.24) is 5.32 Å². The van der Waals surface area contributed by atoms with Gasteiger partial charge in [-0.2, -0.15) is 26.3 Å². The molecule has 16 heteroatoms. The lowest BCUT2D eigenvalue weighted by Gasteiger charge is -2.35. The van der Waals surface area contributed by atoms with Gasteiger partial charge in [-0.25, -0.2) is 13.6 Å². The van der Waals surface area contributed by atoms with Crippen LogP contribution in [-0.4, -0.2) is 30.6 Å². The summed E-state index contributed by atoms with van der Waals surface area (Å²) < 4.78 is 107. The van der Waals surface area contributed by atoms with Crippen LogP contribution in [0, 0.1) is 11.6 Å². The quantitative estimate of drug-likeness (QED) is 0.289. The van der Waals surface area contributed by atoms with E-state index in [1.807, 2.05) is 0 Å². The average Bonchev–Trinajstić information content (AvgIpc) is 3.34. The normalized spacial score (nSPS) is 16.2. The first-order valence-electron chi connectivity index (χ1n) is 11.8. The van der Waals surface area contributed by atoms with Crippen LogP contribution in [0.3, 0.4) is 0 Å². The van der Waals surface area contributed by atoms with E-state index in [4.69, 9.17) is 11.6 Å². The smallest absolute Gasteiger partial charge is 0.327 e. The first-order chi connectivity index (χ1) is 19.5. The van der Waals surface area contributed by atoms with Crippen molar-refractivity contribution in [3.05, 3.63) is 86.9 Å². The van der Waals surface area contributed by atoms with Gasteiger partial charge in [0.1, 0.15) is 11.6 Å². The van der Waals surface area contributed by atoms with Crippen molar-refractivity contribution in [2.24, 2.45) is 0 Å². The minimum Gasteiger partial charge on any atom is -0.327 e. The maximum Gasteiger partial charge on any atom is 0.471 e. The molecule has 2 aliphatic heterocycles. The highest BCUT2D eigenvalue weighted by Crippen LogP contribution is 2.49. The number of nitrogens with one attached hydrogen (secondary N) is 3. The molecular weight excluding hydrogens is 604 g/mol. The average molecular weight is 619 g/mol. The van der Waals surface area contributed by atoms with Gasteiger partial charge in [-0.1, -0.05) is 11.6 Å². The molecule has 0 saturated heterocycles. The zero-order valence-electron chi connectivity index (χ0n) is 20.6. The van der Waals surface area contributed by atoms with Crippen LogP contribution in [0.15, 0.2) is 42.5 Å². The molecule has 4 amide bonds. The monoisotopic (exact) mass is 618 g/mol. The third-order valence-corrected chi connectivity index (χ3v) is 6.96. The minimum atomic E-state index is -5.32. The number of benzene rings is 3. The molecule has 0 aromatic heterocycles. The first kappa shape index (κ1) is 29.1. The van der Waals surface area contributed by atoms with E-state index < -0.39 is 64.7 Å². The van der Waals surface area contributed by atoms with Gasteiger partial charge < -0.3 is 16.0 Å². The van der Waals surface area contributed by atoms with Crippen molar-refractivity contribution < 1.29 is 49.5 Å². The summed E-state index contributed by atoms with van der Waals surface area (Å²) in [7, 11) is 0.